The average Bonchev–Trinajstić information content (AvgIpc) is 2.29. The van der Waals surface area contributed by atoms with Crippen molar-refractivity contribution in [3.8, 4) is 5.75 Å². The van der Waals surface area contributed by atoms with Gasteiger partial charge in [-0.25, -0.2) is 0 Å². The Bertz CT molecular complexity index is 360. The molecular weight excluding hydrogens is 253 g/mol. The van der Waals surface area contributed by atoms with Gasteiger partial charge < -0.3 is 20.3 Å². The van der Waals surface area contributed by atoms with E-state index in [1.165, 1.54) is 7.11 Å². The predicted octanol–water partition coefficient (Wildman–Crippen LogP) is 1.77. The van der Waals surface area contributed by atoms with Gasteiger partial charge in [-0.1, -0.05) is 23.2 Å². The van der Waals surface area contributed by atoms with Crippen molar-refractivity contribution in [2.45, 2.75) is 6.10 Å². The fraction of sp³-hybridized carbons (Fsp3) is 0.400. The molecule has 0 aliphatic carbocycles. The highest BCUT2D eigenvalue weighted by atomic mass is 35.5. The lowest BCUT2D eigenvalue weighted by atomic mass is 10.2. The van der Waals surface area contributed by atoms with Gasteiger partial charge in [0.05, 0.1) is 35.6 Å². The van der Waals surface area contributed by atoms with Crippen LogP contribution in [0.3, 0.4) is 0 Å². The van der Waals surface area contributed by atoms with Crippen molar-refractivity contribution in [3.63, 3.8) is 0 Å². The zero-order valence-corrected chi connectivity index (χ0v) is 10.2. The maximum absolute atomic E-state index is 9.17. The van der Waals surface area contributed by atoms with E-state index in [0.717, 1.165) is 0 Å². The van der Waals surface area contributed by atoms with Gasteiger partial charge in [0, 0.05) is 12.6 Å². The molecule has 0 heterocycles. The lowest BCUT2D eigenvalue weighted by molar-refractivity contribution is 0.105. The molecule has 1 rings (SSSR count). The minimum absolute atomic E-state index is 0.193. The van der Waals surface area contributed by atoms with Crippen molar-refractivity contribution in [1.29, 1.82) is 0 Å². The Hall–Kier alpha value is -0.680. The number of anilines is 1. The maximum Gasteiger partial charge on any atom is 0.139 e. The van der Waals surface area contributed by atoms with Crippen LogP contribution in [0.2, 0.25) is 10.0 Å². The summed E-state index contributed by atoms with van der Waals surface area (Å²) in [6, 6.07) is 3.18. The maximum atomic E-state index is 9.17. The number of benzene rings is 1. The van der Waals surface area contributed by atoms with E-state index in [0.29, 0.717) is 21.5 Å². The molecule has 1 unspecified atom stereocenters. The Kier molecular flexibility index (Phi) is 5.15. The largest absolute Gasteiger partial charge is 0.495 e. The number of rotatable bonds is 5. The van der Waals surface area contributed by atoms with Gasteiger partial charge in [0.1, 0.15) is 5.75 Å². The van der Waals surface area contributed by atoms with Gasteiger partial charge >= 0.3 is 0 Å². The molecule has 1 aromatic carbocycles. The van der Waals surface area contributed by atoms with Crippen molar-refractivity contribution >= 4 is 28.9 Å². The molecule has 0 bridgehead atoms. The average molecular weight is 266 g/mol. The van der Waals surface area contributed by atoms with Gasteiger partial charge in [-0.3, -0.25) is 0 Å². The van der Waals surface area contributed by atoms with Crippen molar-refractivity contribution in [2.75, 3.05) is 25.6 Å². The molecule has 0 spiro atoms. The van der Waals surface area contributed by atoms with Gasteiger partial charge in [0.25, 0.3) is 0 Å². The third-order valence-corrected chi connectivity index (χ3v) is 2.59. The van der Waals surface area contributed by atoms with Gasteiger partial charge in [-0.15, -0.1) is 0 Å². The molecule has 0 fully saturated rings. The van der Waals surface area contributed by atoms with Crippen LogP contribution >= 0.6 is 23.2 Å². The number of halogens is 2. The molecule has 3 N–H and O–H groups in total. The number of aliphatic hydroxyl groups is 2. The SMILES string of the molecule is COc1cc(Cl)c(NCC(O)CO)cc1Cl. The van der Waals surface area contributed by atoms with Crippen molar-refractivity contribution < 1.29 is 14.9 Å². The van der Waals surface area contributed by atoms with E-state index in [-0.39, 0.29) is 13.2 Å². The van der Waals surface area contributed by atoms with E-state index in [2.05, 4.69) is 5.32 Å². The normalized spacial score (nSPS) is 12.3. The standard InChI is InChI=1S/C10H13Cl2NO3/c1-16-10-3-7(11)9(2-8(10)12)13-4-6(15)5-14/h2-3,6,13-15H,4-5H2,1H3. The van der Waals surface area contributed by atoms with E-state index in [9.17, 15) is 0 Å². The minimum Gasteiger partial charge on any atom is -0.495 e. The number of ether oxygens (including phenoxy) is 1. The first-order valence-corrected chi connectivity index (χ1v) is 5.40. The minimum atomic E-state index is -0.836. The second-order valence-electron chi connectivity index (χ2n) is 3.18. The Morgan fingerprint density at radius 3 is 2.62 bits per heavy atom. The highest BCUT2D eigenvalue weighted by Crippen LogP contribution is 2.33. The third kappa shape index (κ3) is 3.42. The summed E-state index contributed by atoms with van der Waals surface area (Å²) in [5.41, 5.74) is 0.583. The fourth-order valence-corrected chi connectivity index (χ4v) is 1.57. The van der Waals surface area contributed by atoms with Crippen LogP contribution in [0.15, 0.2) is 12.1 Å². The van der Waals surface area contributed by atoms with Crippen LogP contribution < -0.4 is 10.1 Å². The zero-order chi connectivity index (χ0) is 12.1. The van der Waals surface area contributed by atoms with E-state index < -0.39 is 6.10 Å². The smallest absolute Gasteiger partial charge is 0.139 e. The fourth-order valence-electron chi connectivity index (χ4n) is 1.11. The van der Waals surface area contributed by atoms with Crippen LogP contribution in [0.1, 0.15) is 0 Å². The van der Waals surface area contributed by atoms with Crippen molar-refractivity contribution in [3.05, 3.63) is 22.2 Å². The molecule has 4 nitrogen and oxygen atoms in total. The summed E-state index contributed by atoms with van der Waals surface area (Å²) < 4.78 is 4.99. The number of hydrogen-bond acceptors (Lipinski definition) is 4. The summed E-state index contributed by atoms with van der Waals surface area (Å²) in [5, 5.41) is 21.6. The van der Waals surface area contributed by atoms with Gasteiger partial charge in [0.2, 0.25) is 0 Å². The number of methoxy groups -OCH3 is 1. The van der Waals surface area contributed by atoms with Crippen LogP contribution in [-0.4, -0.2) is 36.6 Å². The van der Waals surface area contributed by atoms with Crippen LogP contribution in [0.5, 0.6) is 5.75 Å². The molecule has 0 amide bonds. The quantitative estimate of drug-likeness (QED) is 0.760. The van der Waals surface area contributed by atoms with E-state index in [1.807, 2.05) is 0 Å². The number of aliphatic hydroxyl groups excluding tert-OH is 2. The van der Waals surface area contributed by atoms with Gasteiger partial charge in [0.15, 0.2) is 0 Å². The highest BCUT2D eigenvalue weighted by Gasteiger charge is 2.09. The first kappa shape index (κ1) is 13.4. The summed E-state index contributed by atoms with van der Waals surface area (Å²) in [6.45, 7) is -0.118. The Labute approximate surface area is 104 Å². The molecule has 6 heteroatoms. The molecule has 0 aliphatic rings. The monoisotopic (exact) mass is 265 g/mol. The molecule has 1 aromatic rings. The summed E-state index contributed by atoms with van der Waals surface area (Å²) in [6.07, 6.45) is -0.836. The van der Waals surface area contributed by atoms with Gasteiger partial charge in [-0.05, 0) is 6.07 Å². The van der Waals surface area contributed by atoms with Crippen LogP contribution in [0.25, 0.3) is 0 Å². The first-order valence-electron chi connectivity index (χ1n) is 4.64. The van der Waals surface area contributed by atoms with Crippen molar-refractivity contribution in [2.24, 2.45) is 0 Å². The van der Waals surface area contributed by atoms with Crippen LogP contribution in [0.4, 0.5) is 5.69 Å². The summed E-state index contributed by atoms with van der Waals surface area (Å²) in [5.74, 6) is 0.486. The summed E-state index contributed by atoms with van der Waals surface area (Å²) in [4.78, 5) is 0. The van der Waals surface area contributed by atoms with Crippen LogP contribution in [0, 0.1) is 0 Å². The second kappa shape index (κ2) is 6.15. The Morgan fingerprint density at radius 1 is 1.38 bits per heavy atom. The topological polar surface area (TPSA) is 61.7 Å². The van der Waals surface area contributed by atoms with E-state index >= 15 is 0 Å². The highest BCUT2D eigenvalue weighted by molar-refractivity contribution is 6.36. The predicted molar refractivity (Wildman–Crippen MR) is 64.6 cm³/mol. The second-order valence-corrected chi connectivity index (χ2v) is 4.00. The number of nitrogens with one attached hydrogen (secondary N) is 1. The summed E-state index contributed by atoms with van der Waals surface area (Å²) >= 11 is 11.9. The molecule has 0 aliphatic heterocycles. The molecular formula is C10H13Cl2NO3. The van der Waals surface area contributed by atoms with Crippen molar-refractivity contribution in [1.82, 2.24) is 0 Å². The molecule has 0 saturated heterocycles. The van der Waals surface area contributed by atoms with E-state index in [4.69, 9.17) is 38.2 Å². The zero-order valence-electron chi connectivity index (χ0n) is 8.70. The first-order chi connectivity index (χ1) is 7.58. The van der Waals surface area contributed by atoms with Crippen LogP contribution in [-0.2, 0) is 0 Å². The summed E-state index contributed by atoms with van der Waals surface area (Å²) in [7, 11) is 1.50. The molecule has 0 aromatic heterocycles. The Morgan fingerprint density at radius 2 is 2.06 bits per heavy atom. The van der Waals surface area contributed by atoms with Gasteiger partial charge in [-0.2, -0.15) is 0 Å². The van der Waals surface area contributed by atoms with E-state index in [1.54, 1.807) is 12.1 Å². The molecule has 16 heavy (non-hydrogen) atoms. The molecule has 1 atom stereocenters. The molecule has 90 valence electrons. The Balaban J connectivity index is 2.77. The molecule has 0 radical (unpaired) electrons. The number of hydrogen-bond donors (Lipinski definition) is 3. The lowest BCUT2D eigenvalue weighted by Crippen LogP contribution is -2.23. The lowest BCUT2D eigenvalue weighted by Gasteiger charge is -2.13. The third-order valence-electron chi connectivity index (χ3n) is 1.98. The molecule has 0 saturated carbocycles.